The Labute approximate surface area is 226 Å². The molecule has 0 spiro atoms. The predicted molar refractivity (Wildman–Crippen MR) is 147 cm³/mol. The van der Waals surface area contributed by atoms with Gasteiger partial charge in [-0.05, 0) is 84.9 Å². The fourth-order valence-electron chi connectivity index (χ4n) is 3.49. The molecule has 0 unspecified atom stereocenters. The van der Waals surface area contributed by atoms with E-state index in [0.717, 1.165) is 22.7 Å². The molecule has 0 aliphatic heterocycles. The normalized spacial score (nSPS) is 11.4. The quantitative estimate of drug-likeness (QED) is 0.282. The zero-order valence-electron chi connectivity index (χ0n) is 20.6. The number of hydrogen-bond acceptors (Lipinski definition) is 6. The zero-order chi connectivity index (χ0) is 28.0. The molecule has 0 aliphatic carbocycles. The summed E-state index contributed by atoms with van der Waals surface area (Å²) in [6.45, 7) is -0.510. The standard InChI is InChI=1S/C27H24FN3O6S2/c1-38(33,34)31(23-13-15-25(16-14-23)37-24-5-3-2-4-6-24)19-27(32)29-21-11-17-26(18-12-21)39(35,36)30-22-9-7-20(28)8-10-22/h2-18,30H,19H2,1H3,(H,29,32). The monoisotopic (exact) mass is 569 g/mol. The minimum absolute atomic E-state index is 0.0830. The second-order valence-corrected chi connectivity index (χ2v) is 12.0. The van der Waals surface area contributed by atoms with E-state index in [1.807, 2.05) is 18.2 Å². The number of nitrogens with zero attached hydrogens (tertiary/aromatic N) is 1. The van der Waals surface area contributed by atoms with Gasteiger partial charge in [-0.15, -0.1) is 0 Å². The lowest BCUT2D eigenvalue weighted by Gasteiger charge is -2.22. The smallest absolute Gasteiger partial charge is 0.261 e. The van der Waals surface area contributed by atoms with E-state index in [2.05, 4.69) is 10.0 Å². The van der Waals surface area contributed by atoms with Crippen molar-refractivity contribution in [1.29, 1.82) is 0 Å². The second kappa shape index (κ2) is 11.5. The van der Waals surface area contributed by atoms with E-state index in [1.165, 1.54) is 48.5 Å². The van der Waals surface area contributed by atoms with Gasteiger partial charge in [0.15, 0.2) is 0 Å². The molecule has 4 aromatic carbocycles. The first-order valence-electron chi connectivity index (χ1n) is 11.5. The minimum Gasteiger partial charge on any atom is -0.457 e. The summed E-state index contributed by atoms with van der Waals surface area (Å²) in [7, 11) is -7.77. The van der Waals surface area contributed by atoms with Crippen LogP contribution in [-0.2, 0) is 24.8 Å². The van der Waals surface area contributed by atoms with Gasteiger partial charge in [0, 0.05) is 11.4 Å². The van der Waals surface area contributed by atoms with E-state index in [-0.39, 0.29) is 22.0 Å². The summed E-state index contributed by atoms with van der Waals surface area (Å²) in [4.78, 5) is 12.6. The topological polar surface area (TPSA) is 122 Å². The SMILES string of the molecule is CS(=O)(=O)N(CC(=O)Nc1ccc(S(=O)(=O)Nc2ccc(F)cc2)cc1)c1ccc(Oc2ccccc2)cc1. The van der Waals surface area contributed by atoms with Gasteiger partial charge in [-0.25, -0.2) is 21.2 Å². The van der Waals surface area contributed by atoms with Crippen LogP contribution in [0.25, 0.3) is 0 Å². The van der Waals surface area contributed by atoms with E-state index in [4.69, 9.17) is 4.74 Å². The molecule has 0 aromatic heterocycles. The van der Waals surface area contributed by atoms with Gasteiger partial charge >= 0.3 is 0 Å². The summed E-state index contributed by atoms with van der Waals surface area (Å²) < 4.78 is 72.1. The Morgan fingerprint density at radius 3 is 1.92 bits per heavy atom. The van der Waals surface area contributed by atoms with E-state index in [1.54, 1.807) is 24.3 Å². The summed E-state index contributed by atoms with van der Waals surface area (Å²) >= 11 is 0. The molecule has 1 amide bonds. The van der Waals surface area contributed by atoms with Gasteiger partial charge in [0.25, 0.3) is 10.0 Å². The lowest BCUT2D eigenvalue weighted by molar-refractivity contribution is -0.114. The summed E-state index contributed by atoms with van der Waals surface area (Å²) in [5.41, 5.74) is 0.719. The predicted octanol–water partition coefficient (Wildman–Crippen LogP) is 4.82. The van der Waals surface area contributed by atoms with E-state index >= 15 is 0 Å². The molecular weight excluding hydrogens is 545 g/mol. The fourth-order valence-corrected chi connectivity index (χ4v) is 5.40. The zero-order valence-corrected chi connectivity index (χ0v) is 22.2. The molecule has 0 radical (unpaired) electrons. The van der Waals surface area contributed by atoms with Crippen LogP contribution in [0.1, 0.15) is 0 Å². The number of anilines is 3. The molecule has 4 rings (SSSR count). The van der Waals surface area contributed by atoms with Crippen LogP contribution in [0.2, 0.25) is 0 Å². The van der Waals surface area contributed by atoms with E-state index in [9.17, 15) is 26.0 Å². The first kappa shape index (κ1) is 27.6. The van der Waals surface area contributed by atoms with Crippen molar-refractivity contribution in [2.75, 3.05) is 27.1 Å². The van der Waals surface area contributed by atoms with Gasteiger partial charge in [0.2, 0.25) is 15.9 Å². The minimum atomic E-state index is -3.95. The van der Waals surface area contributed by atoms with E-state index < -0.39 is 38.3 Å². The summed E-state index contributed by atoms with van der Waals surface area (Å²) in [5.74, 6) is -0.0203. The highest BCUT2D eigenvalue weighted by Gasteiger charge is 2.21. The van der Waals surface area contributed by atoms with Crippen LogP contribution >= 0.6 is 0 Å². The Morgan fingerprint density at radius 2 is 1.33 bits per heavy atom. The Balaban J connectivity index is 1.41. The van der Waals surface area contributed by atoms with Crippen molar-refractivity contribution in [2.24, 2.45) is 0 Å². The van der Waals surface area contributed by atoms with Crippen LogP contribution in [0.4, 0.5) is 21.5 Å². The number of sulfonamides is 2. The maximum Gasteiger partial charge on any atom is 0.261 e. The van der Waals surface area contributed by atoms with Crippen molar-refractivity contribution in [1.82, 2.24) is 0 Å². The summed E-state index contributed by atoms with van der Waals surface area (Å²) in [5, 5.41) is 2.57. The molecule has 4 aromatic rings. The van der Waals surface area contributed by atoms with Crippen LogP contribution < -0.4 is 19.1 Å². The molecule has 39 heavy (non-hydrogen) atoms. The third-order valence-electron chi connectivity index (χ3n) is 5.34. The van der Waals surface area contributed by atoms with Crippen molar-refractivity contribution in [3.8, 4) is 11.5 Å². The number of ether oxygens (including phenoxy) is 1. The Morgan fingerprint density at radius 1 is 0.769 bits per heavy atom. The Kier molecular flexibility index (Phi) is 8.17. The van der Waals surface area contributed by atoms with E-state index in [0.29, 0.717) is 11.5 Å². The van der Waals surface area contributed by atoms with Crippen molar-refractivity contribution >= 4 is 43.0 Å². The van der Waals surface area contributed by atoms with Crippen LogP contribution in [0.5, 0.6) is 11.5 Å². The molecule has 12 heteroatoms. The average molecular weight is 570 g/mol. The first-order chi connectivity index (χ1) is 18.5. The number of nitrogens with one attached hydrogen (secondary N) is 2. The molecule has 0 fully saturated rings. The lowest BCUT2D eigenvalue weighted by atomic mass is 10.3. The number of para-hydroxylation sites is 1. The van der Waals surface area contributed by atoms with Crippen molar-refractivity contribution < 1.29 is 30.8 Å². The lowest BCUT2D eigenvalue weighted by Crippen LogP contribution is -2.37. The molecule has 0 heterocycles. The largest absolute Gasteiger partial charge is 0.457 e. The molecular formula is C27H24FN3O6S2. The molecule has 9 nitrogen and oxygen atoms in total. The maximum absolute atomic E-state index is 13.1. The Hall–Kier alpha value is -4.42. The van der Waals surface area contributed by atoms with Gasteiger partial charge in [-0.3, -0.25) is 13.8 Å². The molecule has 0 bridgehead atoms. The number of carbonyl (C=O) groups is 1. The maximum atomic E-state index is 13.1. The summed E-state index contributed by atoms with van der Waals surface area (Å²) in [6.07, 6.45) is 0.989. The highest BCUT2D eigenvalue weighted by Crippen LogP contribution is 2.26. The van der Waals surface area contributed by atoms with Crippen molar-refractivity contribution in [3.63, 3.8) is 0 Å². The van der Waals surface area contributed by atoms with Gasteiger partial charge in [0.05, 0.1) is 16.8 Å². The van der Waals surface area contributed by atoms with Crippen LogP contribution in [-0.4, -0.2) is 35.5 Å². The number of halogens is 1. The first-order valence-corrected chi connectivity index (χ1v) is 14.8. The number of hydrogen-bond donors (Lipinski definition) is 2. The number of amides is 1. The molecule has 2 N–H and O–H groups in total. The second-order valence-electron chi connectivity index (χ2n) is 8.36. The Bertz CT molecular complexity index is 1650. The fraction of sp³-hybridized carbons (Fsp3) is 0.0741. The van der Waals surface area contributed by atoms with Gasteiger partial charge < -0.3 is 10.1 Å². The van der Waals surface area contributed by atoms with Crippen molar-refractivity contribution in [2.45, 2.75) is 4.90 Å². The third kappa shape index (κ3) is 7.55. The molecule has 0 saturated heterocycles. The highest BCUT2D eigenvalue weighted by atomic mass is 32.2. The molecule has 0 saturated carbocycles. The van der Waals surface area contributed by atoms with Crippen molar-refractivity contribution in [3.05, 3.63) is 109 Å². The van der Waals surface area contributed by atoms with Crippen LogP contribution in [0.15, 0.2) is 108 Å². The van der Waals surface area contributed by atoms with Crippen LogP contribution in [0, 0.1) is 5.82 Å². The van der Waals surface area contributed by atoms with Gasteiger partial charge in [-0.2, -0.15) is 0 Å². The van der Waals surface area contributed by atoms with Gasteiger partial charge in [0.1, 0.15) is 23.9 Å². The number of benzene rings is 4. The van der Waals surface area contributed by atoms with Gasteiger partial charge in [-0.1, -0.05) is 18.2 Å². The highest BCUT2D eigenvalue weighted by molar-refractivity contribution is 7.92. The summed E-state index contributed by atoms with van der Waals surface area (Å²) in [6, 6.07) is 25.5. The third-order valence-corrected chi connectivity index (χ3v) is 7.87. The van der Waals surface area contributed by atoms with Crippen LogP contribution in [0.3, 0.4) is 0 Å². The average Bonchev–Trinajstić information content (AvgIpc) is 2.89. The molecule has 0 aliphatic rings. The molecule has 202 valence electrons. The number of rotatable bonds is 10. The molecule has 0 atom stereocenters. The number of carbonyl (C=O) groups excluding carboxylic acids is 1.